The highest BCUT2D eigenvalue weighted by molar-refractivity contribution is 7.09. The Hall–Kier alpha value is -2.93. The van der Waals surface area contributed by atoms with Crippen LogP contribution in [0.2, 0.25) is 0 Å². The van der Waals surface area contributed by atoms with Gasteiger partial charge in [-0.15, -0.1) is 11.3 Å². The zero-order valence-electron chi connectivity index (χ0n) is 17.3. The second-order valence-electron chi connectivity index (χ2n) is 7.99. The number of carbonyl (C=O) groups is 1. The molecule has 1 saturated heterocycles. The Bertz CT molecular complexity index is 1200. The van der Waals surface area contributed by atoms with Crippen molar-refractivity contribution in [3.8, 4) is 0 Å². The zero-order valence-corrected chi connectivity index (χ0v) is 18.1. The van der Waals surface area contributed by atoms with Gasteiger partial charge in [0.25, 0.3) is 5.91 Å². The Morgan fingerprint density at radius 1 is 1.23 bits per heavy atom. The fraction of sp³-hybridized carbons (Fsp3) is 0.348. The predicted molar refractivity (Wildman–Crippen MR) is 119 cm³/mol. The van der Waals surface area contributed by atoms with E-state index >= 15 is 0 Å². The Morgan fingerprint density at radius 2 is 2.03 bits per heavy atom. The van der Waals surface area contributed by atoms with Crippen molar-refractivity contribution in [1.29, 1.82) is 0 Å². The van der Waals surface area contributed by atoms with Crippen LogP contribution in [0.25, 0.3) is 10.9 Å². The Balaban J connectivity index is 1.28. The van der Waals surface area contributed by atoms with E-state index in [1.165, 1.54) is 0 Å². The van der Waals surface area contributed by atoms with Crippen LogP contribution >= 0.6 is 11.3 Å². The van der Waals surface area contributed by atoms with Crippen molar-refractivity contribution in [1.82, 2.24) is 24.0 Å². The van der Waals surface area contributed by atoms with Crippen molar-refractivity contribution < 1.29 is 4.79 Å². The van der Waals surface area contributed by atoms with Crippen molar-refractivity contribution in [2.75, 3.05) is 13.1 Å². The number of likely N-dealkylation sites (tertiary alicyclic amines) is 1. The van der Waals surface area contributed by atoms with Gasteiger partial charge in [-0.3, -0.25) is 4.79 Å². The van der Waals surface area contributed by atoms with E-state index < -0.39 is 0 Å². The molecule has 1 aromatic carbocycles. The minimum atomic E-state index is 0.119. The van der Waals surface area contributed by atoms with Gasteiger partial charge in [-0.1, -0.05) is 18.2 Å². The number of hydrogen-bond acceptors (Lipinski definition) is 4. The maximum Gasteiger partial charge on any atom is 0.270 e. The van der Waals surface area contributed by atoms with Crippen LogP contribution in [0.5, 0.6) is 0 Å². The van der Waals surface area contributed by atoms with Crippen molar-refractivity contribution in [3.63, 3.8) is 0 Å². The van der Waals surface area contributed by atoms with E-state index in [0.717, 1.165) is 65.6 Å². The summed E-state index contributed by atoms with van der Waals surface area (Å²) in [5.41, 5.74) is 2.94. The number of para-hydroxylation sites is 1. The summed E-state index contributed by atoms with van der Waals surface area (Å²) in [6.45, 7) is 4.31. The minimum Gasteiger partial charge on any atom is -0.340 e. The average molecular weight is 420 g/mol. The van der Waals surface area contributed by atoms with Crippen LogP contribution in [0.4, 0.5) is 0 Å². The number of rotatable bonds is 4. The standard InChI is InChI=1S/C23H25N5OS/c1-16-25-19(15-30-16)14-28-12-9-24-22(28)17-7-10-27(11-8-17)23(29)21-13-18-5-3-4-6-20(18)26(21)2/h3-6,9,12-13,15,17H,7-8,10-11,14H2,1-2H3. The van der Waals surface area contributed by atoms with Gasteiger partial charge < -0.3 is 14.0 Å². The first-order valence-corrected chi connectivity index (χ1v) is 11.2. The number of hydrogen-bond donors (Lipinski definition) is 0. The van der Waals surface area contributed by atoms with E-state index in [1.807, 2.05) is 54.0 Å². The van der Waals surface area contributed by atoms with Gasteiger partial charge in [-0.05, 0) is 31.9 Å². The number of imidazole rings is 1. The number of benzene rings is 1. The summed E-state index contributed by atoms with van der Waals surface area (Å²) in [4.78, 5) is 24.4. The Morgan fingerprint density at radius 3 is 2.77 bits per heavy atom. The van der Waals surface area contributed by atoms with Crippen LogP contribution < -0.4 is 0 Å². The van der Waals surface area contributed by atoms with Gasteiger partial charge in [-0.25, -0.2) is 9.97 Å². The molecule has 1 fully saturated rings. The van der Waals surface area contributed by atoms with Crippen LogP contribution in [0.3, 0.4) is 0 Å². The third-order valence-corrected chi connectivity index (χ3v) is 6.89. The predicted octanol–water partition coefficient (Wildman–Crippen LogP) is 4.21. The number of aryl methyl sites for hydroxylation is 2. The molecule has 1 aliphatic heterocycles. The molecule has 0 atom stereocenters. The van der Waals surface area contributed by atoms with E-state index in [-0.39, 0.29) is 5.91 Å². The summed E-state index contributed by atoms with van der Waals surface area (Å²) in [6.07, 6.45) is 5.78. The highest BCUT2D eigenvalue weighted by atomic mass is 32.1. The fourth-order valence-corrected chi connectivity index (χ4v) is 5.07. The maximum atomic E-state index is 13.2. The Labute approximate surface area is 179 Å². The van der Waals surface area contributed by atoms with Crippen molar-refractivity contribution in [3.05, 3.63) is 70.3 Å². The molecule has 0 radical (unpaired) electrons. The van der Waals surface area contributed by atoms with Gasteiger partial charge in [0.2, 0.25) is 0 Å². The molecule has 7 heteroatoms. The summed E-state index contributed by atoms with van der Waals surface area (Å²) >= 11 is 1.68. The van der Waals surface area contributed by atoms with Crippen molar-refractivity contribution in [2.24, 2.45) is 7.05 Å². The summed E-state index contributed by atoms with van der Waals surface area (Å²) in [7, 11) is 1.97. The summed E-state index contributed by atoms with van der Waals surface area (Å²) < 4.78 is 4.22. The molecule has 0 spiro atoms. The van der Waals surface area contributed by atoms with Crippen LogP contribution in [0.1, 0.15) is 45.8 Å². The highest BCUT2D eigenvalue weighted by Crippen LogP contribution is 2.29. The quantitative estimate of drug-likeness (QED) is 0.498. The second kappa shape index (κ2) is 7.72. The van der Waals surface area contributed by atoms with Crippen LogP contribution in [0, 0.1) is 6.92 Å². The van der Waals surface area contributed by atoms with E-state index in [4.69, 9.17) is 0 Å². The first-order chi connectivity index (χ1) is 14.6. The fourth-order valence-electron chi connectivity index (χ4n) is 4.47. The molecule has 6 nitrogen and oxygen atoms in total. The lowest BCUT2D eigenvalue weighted by atomic mass is 9.95. The minimum absolute atomic E-state index is 0.119. The van der Waals surface area contributed by atoms with Crippen LogP contribution in [-0.2, 0) is 13.6 Å². The van der Waals surface area contributed by atoms with E-state index in [0.29, 0.717) is 5.92 Å². The normalized spacial score (nSPS) is 15.2. The highest BCUT2D eigenvalue weighted by Gasteiger charge is 2.28. The number of nitrogens with zero attached hydrogens (tertiary/aromatic N) is 5. The molecule has 1 amide bonds. The monoisotopic (exact) mass is 419 g/mol. The molecule has 0 N–H and O–H groups in total. The molecule has 30 heavy (non-hydrogen) atoms. The number of fused-ring (bicyclic) bond motifs is 1. The van der Waals surface area contributed by atoms with Gasteiger partial charge in [0.15, 0.2) is 0 Å². The molecule has 4 aromatic rings. The van der Waals surface area contributed by atoms with Gasteiger partial charge in [0.1, 0.15) is 11.5 Å². The largest absolute Gasteiger partial charge is 0.340 e. The molecular weight excluding hydrogens is 394 g/mol. The lowest BCUT2D eigenvalue weighted by molar-refractivity contribution is 0.0701. The summed E-state index contributed by atoms with van der Waals surface area (Å²) in [6, 6.07) is 10.1. The summed E-state index contributed by atoms with van der Waals surface area (Å²) in [5.74, 6) is 1.60. The van der Waals surface area contributed by atoms with Crippen molar-refractivity contribution >= 4 is 28.1 Å². The molecular formula is C23H25N5OS. The molecule has 3 aromatic heterocycles. The van der Waals surface area contributed by atoms with E-state index in [1.54, 1.807) is 11.3 Å². The number of amides is 1. The molecule has 5 rings (SSSR count). The number of aromatic nitrogens is 4. The third kappa shape index (κ3) is 3.43. The Kier molecular flexibility index (Phi) is 4.90. The molecule has 0 saturated carbocycles. The third-order valence-electron chi connectivity index (χ3n) is 6.06. The topological polar surface area (TPSA) is 56.0 Å². The number of carbonyl (C=O) groups excluding carboxylic acids is 1. The van der Waals surface area contributed by atoms with Crippen molar-refractivity contribution in [2.45, 2.75) is 32.2 Å². The molecule has 0 bridgehead atoms. The molecule has 0 unspecified atom stereocenters. The SMILES string of the molecule is Cc1nc(Cn2ccnc2C2CCN(C(=O)c3cc4ccccc4n3C)CC2)cs1. The van der Waals surface area contributed by atoms with Gasteiger partial charge in [0, 0.05) is 54.7 Å². The maximum absolute atomic E-state index is 13.2. The van der Waals surface area contributed by atoms with E-state index in [2.05, 4.69) is 32.0 Å². The molecule has 4 heterocycles. The lowest BCUT2D eigenvalue weighted by Gasteiger charge is -2.32. The molecule has 1 aliphatic rings. The second-order valence-corrected chi connectivity index (χ2v) is 9.05. The van der Waals surface area contributed by atoms with Crippen LogP contribution in [0.15, 0.2) is 48.1 Å². The van der Waals surface area contributed by atoms with Gasteiger partial charge in [-0.2, -0.15) is 0 Å². The zero-order chi connectivity index (χ0) is 20.7. The first-order valence-electron chi connectivity index (χ1n) is 10.4. The average Bonchev–Trinajstić information content (AvgIpc) is 3.48. The smallest absolute Gasteiger partial charge is 0.270 e. The number of piperidine rings is 1. The lowest BCUT2D eigenvalue weighted by Crippen LogP contribution is -2.39. The van der Waals surface area contributed by atoms with Crippen LogP contribution in [-0.4, -0.2) is 43.0 Å². The first kappa shape index (κ1) is 19.1. The number of thiazole rings is 1. The summed E-state index contributed by atoms with van der Waals surface area (Å²) in [5, 5.41) is 4.31. The molecule has 0 aliphatic carbocycles. The molecule has 154 valence electrons. The van der Waals surface area contributed by atoms with E-state index in [9.17, 15) is 4.79 Å². The van der Waals surface area contributed by atoms with Gasteiger partial charge >= 0.3 is 0 Å². The van der Waals surface area contributed by atoms with Gasteiger partial charge in [0.05, 0.1) is 17.2 Å².